The summed E-state index contributed by atoms with van der Waals surface area (Å²) >= 11 is 6.14. The van der Waals surface area contributed by atoms with Crippen molar-refractivity contribution in [3.05, 3.63) is 80.7 Å². The lowest BCUT2D eigenvalue weighted by atomic mass is 10.0. The fourth-order valence-corrected chi connectivity index (χ4v) is 4.37. The Bertz CT molecular complexity index is 1450. The number of nitrogens with one attached hydrogen (secondary N) is 1. The van der Waals surface area contributed by atoms with Crippen molar-refractivity contribution in [2.24, 2.45) is 5.10 Å². The summed E-state index contributed by atoms with van der Waals surface area (Å²) < 4.78 is 5.94. The summed E-state index contributed by atoms with van der Waals surface area (Å²) in [7, 11) is 3.56. The van der Waals surface area contributed by atoms with Crippen molar-refractivity contribution in [2.45, 2.75) is 13.0 Å². The highest BCUT2D eigenvalue weighted by Crippen LogP contribution is 2.39. The van der Waals surface area contributed by atoms with E-state index in [1.807, 2.05) is 23.1 Å². The van der Waals surface area contributed by atoms with Crippen LogP contribution in [0.25, 0.3) is 10.9 Å². The lowest BCUT2D eigenvalue weighted by molar-refractivity contribution is -0.385. The molecule has 1 N–H and O–H groups in total. The van der Waals surface area contributed by atoms with Gasteiger partial charge in [0.15, 0.2) is 0 Å². The zero-order valence-electron chi connectivity index (χ0n) is 19.1. The van der Waals surface area contributed by atoms with Crippen LogP contribution in [0, 0.1) is 10.1 Å². The van der Waals surface area contributed by atoms with Crippen LogP contribution in [0.2, 0.25) is 5.02 Å². The Hall–Kier alpha value is -4.18. The zero-order valence-corrected chi connectivity index (χ0v) is 19.9. The van der Waals surface area contributed by atoms with Crippen LogP contribution in [0.4, 0.5) is 11.5 Å². The Morgan fingerprint density at radius 2 is 2.09 bits per heavy atom. The first-order valence-electron chi connectivity index (χ1n) is 10.9. The summed E-state index contributed by atoms with van der Waals surface area (Å²) in [5.41, 5.74) is 3.57. The number of aromatic amines is 1. The Kier molecular flexibility index (Phi) is 5.96. The Labute approximate surface area is 206 Å². The molecule has 3 heterocycles. The number of hydrazone groups is 1. The number of rotatable bonds is 6. The summed E-state index contributed by atoms with van der Waals surface area (Å²) in [5.74, 6) is 0.398. The van der Waals surface area contributed by atoms with Gasteiger partial charge in [0, 0.05) is 47.8 Å². The minimum Gasteiger partial charge on any atom is -0.433 e. The third-order valence-electron chi connectivity index (χ3n) is 5.74. The van der Waals surface area contributed by atoms with Gasteiger partial charge in [0.05, 0.1) is 17.7 Å². The predicted molar refractivity (Wildman–Crippen MR) is 135 cm³/mol. The van der Waals surface area contributed by atoms with Crippen molar-refractivity contribution in [1.82, 2.24) is 20.0 Å². The lowest BCUT2D eigenvalue weighted by Crippen LogP contribution is -2.31. The fourth-order valence-electron chi connectivity index (χ4n) is 4.19. The maximum Gasteiger partial charge on any atom is 0.373 e. The van der Waals surface area contributed by atoms with E-state index in [0.717, 1.165) is 17.6 Å². The topological polar surface area (TPSA) is 113 Å². The van der Waals surface area contributed by atoms with Gasteiger partial charge in [0.2, 0.25) is 5.82 Å². The molecule has 2 aromatic carbocycles. The summed E-state index contributed by atoms with van der Waals surface area (Å²) in [5, 5.41) is 19.7. The molecule has 35 heavy (non-hydrogen) atoms. The summed E-state index contributed by atoms with van der Waals surface area (Å²) in [6, 6.07) is 13.0. The van der Waals surface area contributed by atoms with Gasteiger partial charge >= 0.3 is 11.6 Å². The molecular weight excluding hydrogens is 470 g/mol. The van der Waals surface area contributed by atoms with Crippen LogP contribution in [0.15, 0.2) is 53.9 Å². The van der Waals surface area contributed by atoms with Gasteiger partial charge in [-0.1, -0.05) is 29.8 Å². The van der Waals surface area contributed by atoms with E-state index >= 15 is 0 Å². The maximum atomic E-state index is 12.2. The summed E-state index contributed by atoms with van der Waals surface area (Å²) in [4.78, 5) is 25.3. The molecule has 178 valence electrons. The number of nitro groups is 1. The molecule has 5 rings (SSSR count). The van der Waals surface area contributed by atoms with Crippen LogP contribution < -0.4 is 9.64 Å². The van der Waals surface area contributed by atoms with E-state index in [4.69, 9.17) is 16.3 Å². The average molecular weight is 492 g/mol. The summed E-state index contributed by atoms with van der Waals surface area (Å²) in [6.07, 6.45) is 3.58. The van der Waals surface area contributed by atoms with Gasteiger partial charge in [0.25, 0.3) is 0 Å². The van der Waals surface area contributed by atoms with Crippen LogP contribution in [-0.4, -0.2) is 51.7 Å². The smallest absolute Gasteiger partial charge is 0.373 e. The quantitative estimate of drug-likeness (QED) is 0.235. The van der Waals surface area contributed by atoms with Crippen LogP contribution in [0.1, 0.15) is 16.8 Å². The highest BCUT2D eigenvalue weighted by Gasteiger charge is 2.31. The average Bonchev–Trinajstić information content (AvgIpc) is 3.21. The SMILES string of the molecule is CN(C)/N=C/c1cc(Cl)ccc1Oc1ncnc(N2CCc3c([nH]c4ccccc34)C2)c1[N+](=O)[O-]. The monoisotopic (exact) mass is 491 g/mol. The van der Waals surface area contributed by atoms with Crippen LogP contribution in [0.3, 0.4) is 0 Å². The molecule has 0 amide bonds. The van der Waals surface area contributed by atoms with Crippen molar-refractivity contribution in [2.75, 3.05) is 25.5 Å². The number of nitrogens with zero attached hydrogens (tertiary/aromatic N) is 6. The molecule has 0 atom stereocenters. The third kappa shape index (κ3) is 4.47. The number of fused-ring (bicyclic) bond motifs is 3. The van der Waals surface area contributed by atoms with E-state index < -0.39 is 4.92 Å². The molecule has 2 aromatic heterocycles. The van der Waals surface area contributed by atoms with Gasteiger partial charge < -0.3 is 19.6 Å². The Morgan fingerprint density at radius 3 is 2.89 bits per heavy atom. The zero-order chi connectivity index (χ0) is 24.5. The van der Waals surface area contributed by atoms with Gasteiger partial charge in [-0.2, -0.15) is 10.1 Å². The van der Waals surface area contributed by atoms with Gasteiger partial charge in [-0.15, -0.1) is 0 Å². The highest BCUT2D eigenvalue weighted by molar-refractivity contribution is 6.30. The first-order valence-corrected chi connectivity index (χ1v) is 11.3. The summed E-state index contributed by atoms with van der Waals surface area (Å²) in [6.45, 7) is 1.04. The van der Waals surface area contributed by atoms with E-state index in [2.05, 4.69) is 26.1 Å². The van der Waals surface area contributed by atoms with Gasteiger partial charge in [-0.05, 0) is 36.2 Å². The predicted octanol–water partition coefficient (Wildman–Crippen LogP) is 4.77. The number of halogens is 1. The molecule has 10 nitrogen and oxygen atoms in total. The standard InChI is InChI=1S/C24H22ClN7O3/c1-30(2)28-12-15-11-16(25)7-8-21(15)35-24-22(32(33)34)23(26-14-27-24)31-10-9-18-17-5-3-4-6-19(17)29-20(18)13-31/h3-8,11-12,14,29H,9-10,13H2,1-2H3/b28-12+. The first-order chi connectivity index (χ1) is 16.9. The molecule has 0 saturated heterocycles. The fraction of sp³-hybridized carbons (Fsp3) is 0.208. The molecule has 0 bridgehead atoms. The second kappa shape index (κ2) is 9.22. The van der Waals surface area contributed by atoms with E-state index in [-0.39, 0.29) is 17.4 Å². The lowest BCUT2D eigenvalue weighted by Gasteiger charge is -2.27. The van der Waals surface area contributed by atoms with Crippen LogP contribution in [0.5, 0.6) is 11.6 Å². The van der Waals surface area contributed by atoms with Crippen LogP contribution >= 0.6 is 11.6 Å². The number of para-hydroxylation sites is 1. The molecular formula is C24H22ClN7O3. The van der Waals surface area contributed by atoms with Gasteiger partial charge in [-0.25, -0.2) is 4.98 Å². The Morgan fingerprint density at radius 1 is 1.26 bits per heavy atom. The molecule has 0 fully saturated rings. The molecule has 4 aromatic rings. The normalized spacial score (nSPS) is 13.3. The van der Waals surface area contributed by atoms with E-state index in [1.165, 1.54) is 17.3 Å². The molecule has 0 radical (unpaired) electrons. The molecule has 0 spiro atoms. The van der Waals surface area contributed by atoms with E-state index in [0.29, 0.717) is 29.4 Å². The number of H-pyrrole nitrogens is 1. The number of aromatic nitrogens is 3. The molecule has 0 unspecified atom stereocenters. The van der Waals surface area contributed by atoms with E-state index in [1.54, 1.807) is 43.5 Å². The second-order valence-electron chi connectivity index (χ2n) is 8.28. The van der Waals surface area contributed by atoms with Crippen molar-refractivity contribution < 1.29 is 9.66 Å². The van der Waals surface area contributed by atoms with E-state index in [9.17, 15) is 10.1 Å². The van der Waals surface area contributed by atoms with Crippen molar-refractivity contribution in [1.29, 1.82) is 0 Å². The maximum absolute atomic E-state index is 12.2. The Balaban J connectivity index is 1.51. The van der Waals surface area contributed by atoms with Crippen LogP contribution in [-0.2, 0) is 13.0 Å². The first kappa shape index (κ1) is 22.6. The molecule has 0 aliphatic carbocycles. The van der Waals surface area contributed by atoms with Crippen molar-refractivity contribution >= 4 is 40.2 Å². The van der Waals surface area contributed by atoms with Gasteiger partial charge in [-0.3, -0.25) is 10.1 Å². The number of hydrogen-bond donors (Lipinski definition) is 1. The third-order valence-corrected chi connectivity index (χ3v) is 5.98. The van der Waals surface area contributed by atoms with Crippen molar-refractivity contribution in [3.63, 3.8) is 0 Å². The molecule has 0 saturated carbocycles. The number of ether oxygens (including phenoxy) is 1. The second-order valence-corrected chi connectivity index (χ2v) is 8.72. The molecule has 1 aliphatic heterocycles. The van der Waals surface area contributed by atoms with Crippen molar-refractivity contribution in [3.8, 4) is 11.6 Å². The number of anilines is 1. The number of benzene rings is 2. The molecule has 1 aliphatic rings. The minimum atomic E-state index is -0.505. The van der Waals surface area contributed by atoms with Gasteiger partial charge in [0.1, 0.15) is 12.1 Å². The largest absolute Gasteiger partial charge is 0.433 e. The molecule has 11 heteroatoms. The minimum absolute atomic E-state index is 0.149. The number of hydrogen-bond acceptors (Lipinski definition) is 8. The highest BCUT2D eigenvalue weighted by atomic mass is 35.5.